The van der Waals surface area contributed by atoms with Crippen LogP contribution in [0.4, 0.5) is 0 Å². The van der Waals surface area contributed by atoms with Crippen LogP contribution in [0.1, 0.15) is 6.92 Å². The molecule has 0 saturated carbocycles. The highest BCUT2D eigenvalue weighted by Crippen LogP contribution is 1.99. The Balaban J connectivity index is 3.64. The average Bonchev–Trinajstić information content (AvgIpc) is 1.64. The molecule has 3 heteroatoms. The van der Waals surface area contributed by atoms with E-state index in [1.54, 1.807) is 0 Å². The van der Waals surface area contributed by atoms with Crippen molar-refractivity contribution in [2.45, 2.75) is 13.0 Å². The summed E-state index contributed by atoms with van der Waals surface area (Å²) in [6.45, 7) is 4.58. The molecule has 1 radical (unpaired) electrons. The normalized spacial score (nSPS) is 17.4. The van der Waals surface area contributed by atoms with Crippen molar-refractivity contribution in [1.29, 1.82) is 0 Å². The molecule has 0 aliphatic rings. The van der Waals surface area contributed by atoms with Crippen LogP contribution in [0.2, 0.25) is 0 Å². The summed E-state index contributed by atoms with van der Waals surface area (Å²) in [7, 11) is 0. The predicted octanol–water partition coefficient (Wildman–Crippen LogP) is -0.0979. The smallest absolute Gasteiger partial charge is 0.309 e. The topological polar surface area (TPSA) is 57.5 Å². The number of rotatable bonds is 2. The summed E-state index contributed by atoms with van der Waals surface area (Å²) in [6, 6.07) is 0. The van der Waals surface area contributed by atoms with Crippen LogP contribution in [0, 0.1) is 12.8 Å². The van der Waals surface area contributed by atoms with Crippen LogP contribution in [0.15, 0.2) is 0 Å². The molecule has 0 fully saturated rings. The van der Waals surface area contributed by atoms with Gasteiger partial charge in [0.05, 0.1) is 12.0 Å². The lowest BCUT2D eigenvalue weighted by atomic mass is 10.1. The van der Waals surface area contributed by atoms with E-state index in [0.717, 1.165) is 0 Å². The number of aliphatic hydroxyl groups excluding tert-OH is 1. The summed E-state index contributed by atoms with van der Waals surface area (Å²) in [4.78, 5) is 9.92. The van der Waals surface area contributed by atoms with Gasteiger partial charge in [0.2, 0.25) is 0 Å². The highest BCUT2D eigenvalue weighted by Gasteiger charge is 2.15. The monoisotopic (exact) mass is 117 g/mol. The minimum absolute atomic E-state index is 0.868. The fourth-order valence-corrected chi connectivity index (χ4v) is 0.206. The Morgan fingerprint density at radius 2 is 2.12 bits per heavy atom. The molecule has 8 heavy (non-hydrogen) atoms. The van der Waals surface area contributed by atoms with Crippen molar-refractivity contribution in [3.63, 3.8) is 0 Å². The van der Waals surface area contributed by atoms with Crippen molar-refractivity contribution in [3.05, 3.63) is 6.92 Å². The summed E-state index contributed by atoms with van der Waals surface area (Å²) in [5, 5.41) is 16.7. The second-order valence-corrected chi connectivity index (χ2v) is 1.69. The van der Waals surface area contributed by atoms with Crippen LogP contribution in [0.25, 0.3) is 0 Å². The summed E-state index contributed by atoms with van der Waals surface area (Å²) in [6.07, 6.45) is -0.868. The Morgan fingerprint density at radius 1 is 1.75 bits per heavy atom. The van der Waals surface area contributed by atoms with E-state index in [1.165, 1.54) is 6.92 Å². The van der Waals surface area contributed by atoms with Crippen molar-refractivity contribution < 1.29 is 15.0 Å². The number of hydrogen-bond donors (Lipinski definition) is 2. The quantitative estimate of drug-likeness (QED) is 0.531. The number of aliphatic carboxylic acids is 1. The van der Waals surface area contributed by atoms with Gasteiger partial charge in [-0.1, -0.05) is 0 Å². The third-order valence-electron chi connectivity index (χ3n) is 0.900. The van der Waals surface area contributed by atoms with Crippen molar-refractivity contribution in [1.82, 2.24) is 0 Å². The number of carbonyl (C=O) groups is 1. The van der Waals surface area contributed by atoms with Gasteiger partial charge in [-0.3, -0.25) is 4.79 Å². The Morgan fingerprint density at radius 3 is 2.12 bits per heavy atom. The van der Waals surface area contributed by atoms with E-state index in [4.69, 9.17) is 10.2 Å². The first-order valence-corrected chi connectivity index (χ1v) is 2.29. The number of carboxylic acids is 1. The van der Waals surface area contributed by atoms with Gasteiger partial charge in [0.15, 0.2) is 0 Å². The molecule has 0 aromatic carbocycles. The molecule has 2 atom stereocenters. The first kappa shape index (κ1) is 7.43. The first-order valence-electron chi connectivity index (χ1n) is 2.29. The molecule has 0 bridgehead atoms. The van der Waals surface area contributed by atoms with Crippen molar-refractivity contribution in [2.75, 3.05) is 0 Å². The minimum Gasteiger partial charge on any atom is -0.481 e. The fourth-order valence-electron chi connectivity index (χ4n) is 0.206. The Hall–Kier alpha value is -0.570. The van der Waals surface area contributed by atoms with Crippen LogP contribution in [-0.2, 0) is 4.79 Å². The summed E-state index contributed by atoms with van der Waals surface area (Å²) < 4.78 is 0. The average molecular weight is 117 g/mol. The summed E-state index contributed by atoms with van der Waals surface area (Å²) in [5.74, 6) is -1.98. The fraction of sp³-hybridized carbons (Fsp3) is 0.600. The zero-order chi connectivity index (χ0) is 6.73. The van der Waals surface area contributed by atoms with Gasteiger partial charge in [-0.2, -0.15) is 0 Å². The van der Waals surface area contributed by atoms with E-state index in [2.05, 4.69) is 6.92 Å². The lowest BCUT2D eigenvalue weighted by molar-refractivity contribution is -0.143. The highest BCUT2D eigenvalue weighted by molar-refractivity contribution is 5.71. The Bertz CT molecular complexity index is 87.7. The molecule has 3 nitrogen and oxygen atoms in total. The molecule has 0 aliphatic heterocycles. The molecule has 47 valence electrons. The van der Waals surface area contributed by atoms with E-state index in [9.17, 15) is 4.79 Å². The maximum Gasteiger partial charge on any atom is 0.309 e. The number of carboxylic acid groups (broad SMARTS) is 1. The second-order valence-electron chi connectivity index (χ2n) is 1.69. The molecule has 0 aliphatic carbocycles. The van der Waals surface area contributed by atoms with Crippen LogP contribution in [-0.4, -0.2) is 22.3 Å². The van der Waals surface area contributed by atoms with Crippen LogP contribution < -0.4 is 0 Å². The van der Waals surface area contributed by atoms with Crippen molar-refractivity contribution >= 4 is 5.97 Å². The first-order chi connectivity index (χ1) is 3.55. The van der Waals surface area contributed by atoms with E-state index < -0.39 is 18.0 Å². The van der Waals surface area contributed by atoms with Crippen LogP contribution in [0.3, 0.4) is 0 Å². The van der Waals surface area contributed by atoms with E-state index in [-0.39, 0.29) is 0 Å². The van der Waals surface area contributed by atoms with E-state index in [0.29, 0.717) is 0 Å². The van der Waals surface area contributed by atoms with Gasteiger partial charge in [0.25, 0.3) is 0 Å². The van der Waals surface area contributed by atoms with E-state index >= 15 is 0 Å². The molecule has 0 saturated heterocycles. The molecule has 2 N–H and O–H groups in total. The standard InChI is InChI=1S/C5H9O3/c1-3(4(2)6)5(7)8/h3-4,6H,1H2,2H3,(H,7,8). The summed E-state index contributed by atoms with van der Waals surface area (Å²) in [5.41, 5.74) is 0. The molecule has 0 amide bonds. The third kappa shape index (κ3) is 1.93. The van der Waals surface area contributed by atoms with Gasteiger partial charge >= 0.3 is 5.97 Å². The zero-order valence-electron chi connectivity index (χ0n) is 4.66. The number of aliphatic hydroxyl groups is 1. The SMILES string of the molecule is [CH2]C(C(=O)O)C(C)O. The maximum absolute atomic E-state index is 9.92. The Kier molecular flexibility index (Phi) is 2.48. The van der Waals surface area contributed by atoms with E-state index in [1.807, 2.05) is 0 Å². The molecule has 0 aromatic rings. The molecule has 0 heterocycles. The van der Waals surface area contributed by atoms with Gasteiger partial charge in [-0.25, -0.2) is 0 Å². The maximum atomic E-state index is 9.92. The molecular formula is C5H9O3. The largest absolute Gasteiger partial charge is 0.481 e. The second kappa shape index (κ2) is 2.67. The van der Waals surface area contributed by atoms with Gasteiger partial charge in [-0.05, 0) is 13.8 Å². The lowest BCUT2D eigenvalue weighted by Crippen LogP contribution is -2.22. The van der Waals surface area contributed by atoms with Gasteiger partial charge < -0.3 is 10.2 Å². The Labute approximate surface area is 47.9 Å². The summed E-state index contributed by atoms with van der Waals surface area (Å²) >= 11 is 0. The van der Waals surface area contributed by atoms with Crippen LogP contribution >= 0.6 is 0 Å². The minimum atomic E-state index is -1.07. The number of hydrogen-bond acceptors (Lipinski definition) is 2. The predicted molar refractivity (Wildman–Crippen MR) is 28.2 cm³/mol. The van der Waals surface area contributed by atoms with Crippen LogP contribution in [0.5, 0.6) is 0 Å². The van der Waals surface area contributed by atoms with Crippen molar-refractivity contribution in [3.8, 4) is 0 Å². The van der Waals surface area contributed by atoms with Crippen molar-refractivity contribution in [2.24, 2.45) is 5.92 Å². The third-order valence-corrected chi connectivity index (χ3v) is 0.900. The van der Waals surface area contributed by atoms with Gasteiger partial charge in [0.1, 0.15) is 0 Å². The zero-order valence-corrected chi connectivity index (χ0v) is 4.66. The molecule has 0 spiro atoms. The lowest BCUT2D eigenvalue weighted by Gasteiger charge is -2.06. The highest BCUT2D eigenvalue weighted by atomic mass is 16.4. The van der Waals surface area contributed by atoms with Gasteiger partial charge in [-0.15, -0.1) is 0 Å². The van der Waals surface area contributed by atoms with Gasteiger partial charge in [0, 0.05) is 0 Å². The molecule has 2 unspecified atom stereocenters. The molecule has 0 aromatic heterocycles. The molecular weight excluding hydrogens is 108 g/mol. The molecule has 0 rings (SSSR count).